The number of anilines is 1. The van der Waals surface area contributed by atoms with E-state index in [2.05, 4.69) is 0 Å². The second-order valence-corrected chi connectivity index (χ2v) is 6.98. The van der Waals surface area contributed by atoms with Gasteiger partial charge in [0.25, 0.3) is 0 Å². The molecule has 5 heteroatoms. The number of hydrogen-bond acceptors (Lipinski definition) is 3. The summed E-state index contributed by atoms with van der Waals surface area (Å²) in [6.45, 7) is 5.87. The Kier molecular flexibility index (Phi) is 2.96. The maximum atomic E-state index is 13.0. The quantitative estimate of drug-likeness (QED) is 0.852. The molecule has 1 N–H and O–H groups in total. The van der Waals surface area contributed by atoms with Gasteiger partial charge in [0.2, 0.25) is 11.8 Å². The highest BCUT2D eigenvalue weighted by Gasteiger charge is 2.64. The fraction of sp³-hybridized carbons (Fsp3) is 0.471. The molecule has 2 fully saturated rings. The van der Waals surface area contributed by atoms with Gasteiger partial charge in [-0.2, -0.15) is 0 Å². The average Bonchev–Trinajstić information content (AvgIpc) is 2.63. The van der Waals surface area contributed by atoms with Crippen LogP contribution in [0.1, 0.15) is 44.0 Å². The number of amides is 2. The van der Waals surface area contributed by atoms with E-state index in [1.807, 2.05) is 20.8 Å². The minimum absolute atomic E-state index is 0.0698. The summed E-state index contributed by atoms with van der Waals surface area (Å²) in [5, 5.41) is 9.10. The van der Waals surface area contributed by atoms with Gasteiger partial charge in [-0.05, 0) is 36.5 Å². The molecule has 3 rings (SSSR count). The Morgan fingerprint density at radius 2 is 1.95 bits per heavy atom. The first-order chi connectivity index (χ1) is 10.2. The first kappa shape index (κ1) is 14.8. The highest BCUT2D eigenvalue weighted by atomic mass is 16.4. The van der Waals surface area contributed by atoms with Crippen molar-refractivity contribution in [1.82, 2.24) is 0 Å². The molecule has 1 aliphatic carbocycles. The standard InChI is InChI=1S/C17H19NO4/c1-16(2)12-7-8-17(16,3)15(22)18(13(12)19)11-6-4-5-10(9-11)14(20)21/h4-6,9,12H,7-8H2,1-3H3,(H,20,21)/t12-,17-/m1/s1. The van der Waals surface area contributed by atoms with Crippen LogP contribution in [0, 0.1) is 16.7 Å². The number of hydrogen-bond donors (Lipinski definition) is 1. The fourth-order valence-corrected chi connectivity index (χ4v) is 3.84. The van der Waals surface area contributed by atoms with Crippen LogP contribution in [0.4, 0.5) is 5.69 Å². The van der Waals surface area contributed by atoms with Crippen molar-refractivity contribution < 1.29 is 19.5 Å². The summed E-state index contributed by atoms with van der Waals surface area (Å²) < 4.78 is 0. The first-order valence-corrected chi connectivity index (χ1v) is 7.42. The van der Waals surface area contributed by atoms with Crippen LogP contribution in [0.2, 0.25) is 0 Å². The molecule has 2 aliphatic rings. The summed E-state index contributed by atoms with van der Waals surface area (Å²) in [6.07, 6.45) is 1.38. The van der Waals surface area contributed by atoms with Crippen molar-refractivity contribution in [3.05, 3.63) is 29.8 Å². The van der Waals surface area contributed by atoms with Gasteiger partial charge in [0.15, 0.2) is 0 Å². The van der Waals surface area contributed by atoms with E-state index in [4.69, 9.17) is 5.11 Å². The number of aromatic carboxylic acids is 1. The molecule has 0 radical (unpaired) electrons. The van der Waals surface area contributed by atoms with E-state index in [9.17, 15) is 14.4 Å². The lowest BCUT2D eigenvalue weighted by atomic mass is 9.62. The second-order valence-electron chi connectivity index (χ2n) is 6.98. The van der Waals surface area contributed by atoms with E-state index in [0.717, 1.165) is 0 Å². The number of benzene rings is 1. The normalized spacial score (nSPS) is 29.8. The average molecular weight is 301 g/mol. The maximum Gasteiger partial charge on any atom is 0.335 e. The minimum Gasteiger partial charge on any atom is -0.478 e. The molecule has 2 atom stereocenters. The van der Waals surface area contributed by atoms with Crippen LogP contribution < -0.4 is 4.90 Å². The van der Waals surface area contributed by atoms with Gasteiger partial charge in [-0.15, -0.1) is 0 Å². The summed E-state index contributed by atoms with van der Waals surface area (Å²) in [7, 11) is 0. The van der Waals surface area contributed by atoms with E-state index < -0.39 is 11.4 Å². The molecule has 116 valence electrons. The van der Waals surface area contributed by atoms with Gasteiger partial charge < -0.3 is 5.11 Å². The molecule has 0 spiro atoms. The Balaban J connectivity index is 2.10. The summed E-state index contributed by atoms with van der Waals surface area (Å²) in [5.74, 6) is -1.72. The highest BCUT2D eigenvalue weighted by Crippen LogP contribution is 2.60. The molecular formula is C17H19NO4. The van der Waals surface area contributed by atoms with Crippen molar-refractivity contribution in [2.75, 3.05) is 4.90 Å². The topological polar surface area (TPSA) is 74.7 Å². The van der Waals surface area contributed by atoms with E-state index in [-0.39, 0.29) is 28.7 Å². The monoisotopic (exact) mass is 301 g/mol. The number of carboxylic acid groups (broad SMARTS) is 1. The Labute approximate surface area is 128 Å². The van der Waals surface area contributed by atoms with Crippen molar-refractivity contribution in [2.24, 2.45) is 16.7 Å². The van der Waals surface area contributed by atoms with Crippen molar-refractivity contribution in [3.63, 3.8) is 0 Å². The van der Waals surface area contributed by atoms with E-state index in [1.165, 1.54) is 17.0 Å². The van der Waals surface area contributed by atoms with E-state index in [0.29, 0.717) is 18.5 Å². The van der Waals surface area contributed by atoms with Gasteiger partial charge >= 0.3 is 5.97 Å². The van der Waals surface area contributed by atoms with Gasteiger partial charge in [-0.3, -0.25) is 9.59 Å². The zero-order valence-electron chi connectivity index (χ0n) is 12.9. The van der Waals surface area contributed by atoms with Crippen LogP contribution in [0.25, 0.3) is 0 Å². The Morgan fingerprint density at radius 1 is 1.27 bits per heavy atom. The molecule has 1 heterocycles. The van der Waals surface area contributed by atoms with Crippen LogP contribution in [-0.2, 0) is 9.59 Å². The van der Waals surface area contributed by atoms with Gasteiger partial charge in [0.1, 0.15) is 0 Å². The van der Waals surface area contributed by atoms with Crippen LogP contribution in [-0.4, -0.2) is 22.9 Å². The lowest BCUT2D eigenvalue weighted by molar-refractivity contribution is -0.146. The Bertz CT molecular complexity index is 694. The third-order valence-electron chi connectivity index (χ3n) is 5.77. The van der Waals surface area contributed by atoms with Crippen molar-refractivity contribution in [3.8, 4) is 0 Å². The Hall–Kier alpha value is -2.17. The molecule has 1 aromatic rings. The largest absolute Gasteiger partial charge is 0.478 e. The number of piperidine rings is 1. The molecule has 1 saturated heterocycles. The summed E-state index contributed by atoms with van der Waals surface area (Å²) in [4.78, 5) is 38.1. The number of carboxylic acids is 1. The predicted molar refractivity (Wildman–Crippen MR) is 80.5 cm³/mol. The molecule has 1 aliphatic heterocycles. The zero-order chi connectivity index (χ0) is 16.3. The number of carbonyl (C=O) groups excluding carboxylic acids is 2. The second kappa shape index (κ2) is 4.41. The molecular weight excluding hydrogens is 282 g/mol. The smallest absolute Gasteiger partial charge is 0.335 e. The van der Waals surface area contributed by atoms with Gasteiger partial charge in [0, 0.05) is 5.92 Å². The molecule has 5 nitrogen and oxygen atoms in total. The maximum absolute atomic E-state index is 13.0. The number of nitrogens with zero attached hydrogens (tertiary/aromatic N) is 1. The number of imide groups is 1. The lowest BCUT2D eigenvalue weighted by Crippen LogP contribution is -2.59. The Morgan fingerprint density at radius 3 is 2.59 bits per heavy atom. The van der Waals surface area contributed by atoms with Crippen LogP contribution >= 0.6 is 0 Å². The van der Waals surface area contributed by atoms with Crippen LogP contribution in [0.15, 0.2) is 24.3 Å². The van der Waals surface area contributed by atoms with Gasteiger partial charge in [-0.1, -0.05) is 26.8 Å². The number of fused-ring (bicyclic) bond motifs is 2. The van der Waals surface area contributed by atoms with Gasteiger partial charge in [-0.25, -0.2) is 9.69 Å². The zero-order valence-corrected chi connectivity index (χ0v) is 12.9. The van der Waals surface area contributed by atoms with Crippen molar-refractivity contribution in [1.29, 1.82) is 0 Å². The number of rotatable bonds is 2. The molecule has 1 saturated carbocycles. The molecule has 2 bridgehead atoms. The molecule has 2 amide bonds. The predicted octanol–water partition coefficient (Wildman–Crippen LogP) is 2.70. The van der Waals surface area contributed by atoms with E-state index >= 15 is 0 Å². The van der Waals surface area contributed by atoms with E-state index in [1.54, 1.807) is 12.1 Å². The molecule has 1 aromatic carbocycles. The fourth-order valence-electron chi connectivity index (χ4n) is 3.84. The lowest BCUT2D eigenvalue weighted by Gasteiger charge is -2.47. The first-order valence-electron chi connectivity index (χ1n) is 7.42. The highest BCUT2D eigenvalue weighted by molar-refractivity contribution is 6.20. The minimum atomic E-state index is -1.08. The number of carbonyl (C=O) groups is 3. The summed E-state index contributed by atoms with van der Waals surface area (Å²) in [6, 6.07) is 6.01. The molecule has 0 aromatic heterocycles. The van der Waals surface area contributed by atoms with Crippen LogP contribution in [0.3, 0.4) is 0 Å². The van der Waals surface area contributed by atoms with Crippen molar-refractivity contribution >= 4 is 23.5 Å². The van der Waals surface area contributed by atoms with Crippen LogP contribution in [0.5, 0.6) is 0 Å². The van der Waals surface area contributed by atoms with Crippen molar-refractivity contribution in [2.45, 2.75) is 33.6 Å². The summed E-state index contributed by atoms with van der Waals surface area (Å²) in [5.41, 5.74) is -0.545. The van der Waals surface area contributed by atoms with Gasteiger partial charge in [0.05, 0.1) is 16.7 Å². The molecule has 0 unspecified atom stereocenters. The third-order valence-corrected chi connectivity index (χ3v) is 5.77. The molecule has 22 heavy (non-hydrogen) atoms. The summed E-state index contributed by atoms with van der Waals surface area (Å²) >= 11 is 0. The third kappa shape index (κ3) is 1.68. The SMILES string of the molecule is CC1(C)[C@@H]2CC[C@]1(C)C(=O)N(c1cccc(C(=O)O)c1)C2=O.